The molecule has 2 aromatic carbocycles. The van der Waals surface area contributed by atoms with E-state index in [-0.39, 0.29) is 18.6 Å². The first-order valence-corrected chi connectivity index (χ1v) is 9.86. The minimum Gasteiger partial charge on any atom is -0.444 e. The highest BCUT2D eigenvalue weighted by molar-refractivity contribution is 5.82. The van der Waals surface area contributed by atoms with Gasteiger partial charge in [0.25, 0.3) is 6.01 Å². The number of carbonyl (C=O) groups is 1. The summed E-state index contributed by atoms with van der Waals surface area (Å²) in [5.41, 5.74) is 2.05. The van der Waals surface area contributed by atoms with Crippen LogP contribution in [0.25, 0.3) is 10.9 Å². The fourth-order valence-electron chi connectivity index (χ4n) is 3.11. The number of rotatable bonds is 5. The number of amides is 1. The van der Waals surface area contributed by atoms with Crippen LogP contribution < -0.4 is 16.3 Å². The first kappa shape index (κ1) is 21.4. The molecule has 0 unspecified atom stereocenters. The lowest BCUT2D eigenvalue weighted by molar-refractivity contribution is 0.0523. The molecule has 0 saturated carbocycles. The molecule has 30 heavy (non-hydrogen) atoms. The van der Waals surface area contributed by atoms with Crippen LogP contribution in [-0.4, -0.2) is 16.7 Å². The quantitative estimate of drug-likeness (QED) is 0.635. The second kappa shape index (κ2) is 8.57. The summed E-state index contributed by atoms with van der Waals surface area (Å²) in [7, 11) is 0. The zero-order chi connectivity index (χ0) is 21.9. The van der Waals surface area contributed by atoms with E-state index in [4.69, 9.17) is 9.15 Å². The van der Waals surface area contributed by atoms with Crippen LogP contribution in [0.4, 0.5) is 10.8 Å². The highest BCUT2D eigenvalue weighted by atomic mass is 16.6. The Balaban J connectivity index is 1.81. The second-order valence-electron chi connectivity index (χ2n) is 8.18. The number of hydrogen-bond acceptors (Lipinski definition) is 6. The van der Waals surface area contributed by atoms with Crippen LogP contribution in [-0.2, 0) is 11.3 Å². The van der Waals surface area contributed by atoms with Crippen LogP contribution in [0, 0.1) is 6.92 Å². The molecule has 0 fully saturated rings. The van der Waals surface area contributed by atoms with Crippen LogP contribution in [0.15, 0.2) is 51.7 Å². The molecule has 1 aromatic heterocycles. The Kier molecular flexibility index (Phi) is 6.10. The maximum Gasteiger partial charge on any atom is 0.407 e. The molecule has 0 aliphatic heterocycles. The standard InChI is InChI=1S/C23H27N3O4/c1-14-17(13-24-22(28)30-23(3,4)5)11-12-18-19(14)20(27)29-21(26-18)25-15(2)16-9-7-6-8-10-16/h6-12,15H,13H2,1-5H3,(H,24,28)(H,25,26)/t15-/m0/s1. The number of nitrogens with zero attached hydrogens (tertiary/aromatic N) is 1. The monoisotopic (exact) mass is 409 g/mol. The number of aryl methyl sites for hydroxylation is 1. The van der Waals surface area contributed by atoms with Crippen molar-refractivity contribution in [1.29, 1.82) is 0 Å². The number of aromatic nitrogens is 1. The molecule has 7 heteroatoms. The van der Waals surface area contributed by atoms with Crippen LogP contribution in [0.3, 0.4) is 0 Å². The largest absolute Gasteiger partial charge is 0.444 e. The van der Waals surface area contributed by atoms with Crippen LogP contribution >= 0.6 is 0 Å². The third-order valence-electron chi connectivity index (χ3n) is 4.63. The van der Waals surface area contributed by atoms with Crippen molar-refractivity contribution < 1.29 is 13.9 Å². The van der Waals surface area contributed by atoms with Gasteiger partial charge in [-0.15, -0.1) is 0 Å². The summed E-state index contributed by atoms with van der Waals surface area (Å²) in [6.45, 7) is 9.42. The summed E-state index contributed by atoms with van der Waals surface area (Å²) < 4.78 is 10.7. The van der Waals surface area contributed by atoms with E-state index in [1.807, 2.05) is 50.2 Å². The minimum absolute atomic E-state index is 0.0716. The Bertz CT molecular complexity index is 1100. The lowest BCUT2D eigenvalue weighted by Crippen LogP contribution is -2.32. The lowest BCUT2D eigenvalue weighted by Gasteiger charge is -2.20. The number of anilines is 1. The molecule has 3 rings (SSSR count). The van der Waals surface area contributed by atoms with Crippen LogP contribution in [0.2, 0.25) is 0 Å². The van der Waals surface area contributed by atoms with Gasteiger partial charge in [0.1, 0.15) is 5.60 Å². The molecule has 0 radical (unpaired) electrons. The predicted octanol–water partition coefficient (Wildman–Crippen LogP) is 4.69. The molecule has 1 amide bonds. The van der Waals surface area contributed by atoms with Crippen molar-refractivity contribution in [3.8, 4) is 0 Å². The maximum absolute atomic E-state index is 12.7. The van der Waals surface area contributed by atoms with Gasteiger partial charge in [0, 0.05) is 6.54 Å². The van der Waals surface area contributed by atoms with Gasteiger partial charge in [0.15, 0.2) is 0 Å². The Morgan fingerprint density at radius 1 is 1.17 bits per heavy atom. The highest BCUT2D eigenvalue weighted by Gasteiger charge is 2.17. The summed E-state index contributed by atoms with van der Waals surface area (Å²) in [4.78, 5) is 29.0. The summed E-state index contributed by atoms with van der Waals surface area (Å²) in [5, 5.41) is 6.24. The first-order chi connectivity index (χ1) is 14.1. The van der Waals surface area contributed by atoms with Gasteiger partial charge in [-0.2, -0.15) is 4.98 Å². The first-order valence-electron chi connectivity index (χ1n) is 9.86. The maximum atomic E-state index is 12.7. The normalized spacial score (nSPS) is 12.4. The Labute approximate surface area is 175 Å². The van der Waals surface area contributed by atoms with Gasteiger partial charge in [-0.3, -0.25) is 0 Å². The molecule has 2 N–H and O–H groups in total. The van der Waals surface area contributed by atoms with E-state index >= 15 is 0 Å². The molecule has 1 atom stereocenters. The van der Waals surface area contributed by atoms with Gasteiger partial charge in [0.05, 0.1) is 16.9 Å². The fourth-order valence-corrected chi connectivity index (χ4v) is 3.11. The van der Waals surface area contributed by atoms with Gasteiger partial charge in [0.2, 0.25) is 0 Å². The predicted molar refractivity (Wildman–Crippen MR) is 117 cm³/mol. The van der Waals surface area contributed by atoms with E-state index in [2.05, 4.69) is 15.6 Å². The average molecular weight is 409 g/mol. The fraction of sp³-hybridized carbons (Fsp3) is 0.348. The van der Waals surface area contributed by atoms with E-state index < -0.39 is 17.3 Å². The molecule has 0 aliphatic rings. The van der Waals surface area contributed by atoms with Crippen molar-refractivity contribution in [3.63, 3.8) is 0 Å². The van der Waals surface area contributed by atoms with E-state index in [9.17, 15) is 9.59 Å². The van der Waals surface area contributed by atoms with Crippen molar-refractivity contribution in [2.45, 2.75) is 52.8 Å². The van der Waals surface area contributed by atoms with Crippen LogP contribution in [0.1, 0.15) is 50.4 Å². The zero-order valence-corrected chi connectivity index (χ0v) is 17.9. The van der Waals surface area contributed by atoms with Crippen molar-refractivity contribution in [3.05, 3.63) is 69.6 Å². The van der Waals surface area contributed by atoms with Gasteiger partial charge in [-0.05, 0) is 57.4 Å². The summed E-state index contributed by atoms with van der Waals surface area (Å²) in [5.74, 6) is 0. The average Bonchev–Trinajstić information content (AvgIpc) is 2.66. The molecule has 3 aromatic rings. The van der Waals surface area contributed by atoms with E-state index in [1.165, 1.54) is 0 Å². The molecule has 0 aliphatic carbocycles. The van der Waals surface area contributed by atoms with E-state index in [0.29, 0.717) is 16.5 Å². The Morgan fingerprint density at radius 2 is 1.87 bits per heavy atom. The van der Waals surface area contributed by atoms with E-state index in [1.54, 1.807) is 26.8 Å². The Hall–Kier alpha value is -3.35. The second-order valence-corrected chi connectivity index (χ2v) is 8.18. The van der Waals surface area contributed by atoms with Crippen LogP contribution in [0.5, 0.6) is 0 Å². The number of ether oxygens (including phenoxy) is 1. The molecular formula is C23H27N3O4. The molecule has 0 bridgehead atoms. The minimum atomic E-state index is -0.576. The molecule has 7 nitrogen and oxygen atoms in total. The third-order valence-corrected chi connectivity index (χ3v) is 4.63. The smallest absolute Gasteiger partial charge is 0.407 e. The van der Waals surface area contributed by atoms with Gasteiger partial charge in [-0.1, -0.05) is 36.4 Å². The van der Waals surface area contributed by atoms with E-state index in [0.717, 1.165) is 11.1 Å². The third kappa shape index (κ3) is 5.17. The summed E-state index contributed by atoms with van der Waals surface area (Å²) in [6, 6.07) is 13.5. The number of nitrogens with one attached hydrogen (secondary N) is 2. The number of benzene rings is 2. The number of carbonyl (C=O) groups excluding carboxylic acids is 1. The van der Waals surface area contributed by atoms with Gasteiger partial charge in [-0.25, -0.2) is 9.59 Å². The summed E-state index contributed by atoms with van der Waals surface area (Å²) >= 11 is 0. The van der Waals surface area contributed by atoms with Gasteiger partial charge < -0.3 is 19.8 Å². The number of alkyl carbamates (subject to hydrolysis) is 1. The highest BCUT2D eigenvalue weighted by Crippen LogP contribution is 2.22. The molecular weight excluding hydrogens is 382 g/mol. The van der Waals surface area contributed by atoms with Crippen molar-refractivity contribution in [2.75, 3.05) is 5.32 Å². The number of fused-ring (bicyclic) bond motifs is 1. The SMILES string of the molecule is Cc1c(CNC(=O)OC(C)(C)C)ccc2nc(N[C@@H](C)c3ccccc3)oc(=O)c12. The van der Waals surface area contributed by atoms with Crippen molar-refractivity contribution >= 4 is 23.0 Å². The van der Waals surface area contributed by atoms with Crippen molar-refractivity contribution in [2.24, 2.45) is 0 Å². The number of hydrogen-bond donors (Lipinski definition) is 2. The molecule has 158 valence electrons. The van der Waals surface area contributed by atoms with Gasteiger partial charge >= 0.3 is 11.7 Å². The topological polar surface area (TPSA) is 93.5 Å². The molecule has 1 heterocycles. The lowest BCUT2D eigenvalue weighted by atomic mass is 10.0. The molecule has 0 spiro atoms. The summed E-state index contributed by atoms with van der Waals surface area (Å²) in [6.07, 6.45) is -0.512. The molecule has 0 saturated heterocycles. The van der Waals surface area contributed by atoms with Crippen molar-refractivity contribution in [1.82, 2.24) is 10.3 Å². The zero-order valence-electron chi connectivity index (χ0n) is 17.9. The Morgan fingerprint density at radius 3 is 2.53 bits per heavy atom.